The topological polar surface area (TPSA) is 74.7 Å². The fourth-order valence-electron chi connectivity index (χ4n) is 2.19. The van der Waals surface area contributed by atoms with Crippen LogP contribution in [0.15, 0.2) is 0 Å². The molecule has 1 aliphatic heterocycles. The second-order valence-corrected chi connectivity index (χ2v) is 6.90. The summed E-state index contributed by atoms with van der Waals surface area (Å²) in [6, 6.07) is 0. The summed E-state index contributed by atoms with van der Waals surface area (Å²) >= 11 is 0. The maximum Gasteiger partial charge on any atom is 0.303 e. The first-order chi connectivity index (χ1) is 7.50. The van der Waals surface area contributed by atoms with Gasteiger partial charge in [0, 0.05) is 19.5 Å². The first kappa shape index (κ1) is 11.9. The van der Waals surface area contributed by atoms with E-state index in [1.54, 1.807) is 4.31 Å². The minimum absolute atomic E-state index is 0.142. The van der Waals surface area contributed by atoms with Gasteiger partial charge >= 0.3 is 5.97 Å². The average Bonchev–Trinajstić information content (AvgIpc) is 3.00. The third-order valence-electron chi connectivity index (χ3n) is 3.34. The van der Waals surface area contributed by atoms with Crippen molar-refractivity contribution in [3.05, 3.63) is 0 Å². The van der Waals surface area contributed by atoms with Gasteiger partial charge in [-0.25, -0.2) is 12.7 Å². The van der Waals surface area contributed by atoms with Gasteiger partial charge in [-0.3, -0.25) is 4.79 Å². The monoisotopic (exact) mass is 247 g/mol. The number of carboxylic acid groups (broad SMARTS) is 1. The van der Waals surface area contributed by atoms with E-state index in [4.69, 9.17) is 5.11 Å². The summed E-state index contributed by atoms with van der Waals surface area (Å²) in [4.78, 5) is 10.5. The third kappa shape index (κ3) is 2.55. The van der Waals surface area contributed by atoms with Crippen LogP contribution in [0.1, 0.15) is 32.1 Å². The van der Waals surface area contributed by atoms with Crippen LogP contribution in [0.3, 0.4) is 0 Å². The molecule has 0 aromatic heterocycles. The molecule has 92 valence electrons. The number of piperidine rings is 1. The van der Waals surface area contributed by atoms with Gasteiger partial charge < -0.3 is 5.11 Å². The molecular weight excluding hydrogens is 230 g/mol. The van der Waals surface area contributed by atoms with Gasteiger partial charge in [-0.2, -0.15) is 0 Å². The summed E-state index contributed by atoms with van der Waals surface area (Å²) in [6.07, 6.45) is 3.10. The molecule has 1 N–H and O–H groups in total. The fraction of sp³-hybridized carbons (Fsp3) is 0.900. The Kier molecular flexibility index (Phi) is 3.21. The van der Waals surface area contributed by atoms with Crippen LogP contribution in [-0.2, 0) is 14.8 Å². The van der Waals surface area contributed by atoms with Gasteiger partial charge in [0.25, 0.3) is 0 Å². The fourth-order valence-corrected chi connectivity index (χ4v) is 4.06. The Bertz CT molecular complexity index is 366. The van der Waals surface area contributed by atoms with Gasteiger partial charge in [0.2, 0.25) is 10.0 Å². The van der Waals surface area contributed by atoms with Gasteiger partial charge in [-0.1, -0.05) is 0 Å². The van der Waals surface area contributed by atoms with Crippen LogP contribution >= 0.6 is 0 Å². The molecule has 0 bridgehead atoms. The Morgan fingerprint density at radius 1 is 1.19 bits per heavy atom. The van der Waals surface area contributed by atoms with Crippen molar-refractivity contribution in [2.75, 3.05) is 13.1 Å². The average molecular weight is 247 g/mol. The molecule has 2 rings (SSSR count). The highest BCUT2D eigenvalue weighted by molar-refractivity contribution is 7.90. The lowest BCUT2D eigenvalue weighted by molar-refractivity contribution is -0.138. The zero-order chi connectivity index (χ0) is 11.8. The smallest absolute Gasteiger partial charge is 0.303 e. The van der Waals surface area contributed by atoms with E-state index in [2.05, 4.69) is 0 Å². The van der Waals surface area contributed by atoms with E-state index < -0.39 is 16.0 Å². The lowest BCUT2D eigenvalue weighted by Gasteiger charge is -2.30. The summed E-state index contributed by atoms with van der Waals surface area (Å²) in [5.74, 6) is -0.647. The molecule has 0 amide bonds. The molecule has 1 aliphatic carbocycles. The van der Waals surface area contributed by atoms with Crippen molar-refractivity contribution in [2.24, 2.45) is 5.92 Å². The minimum atomic E-state index is -3.05. The Morgan fingerprint density at radius 3 is 2.19 bits per heavy atom. The zero-order valence-corrected chi connectivity index (χ0v) is 9.95. The molecule has 0 unspecified atom stereocenters. The van der Waals surface area contributed by atoms with Crippen LogP contribution in [0.2, 0.25) is 0 Å². The van der Waals surface area contributed by atoms with Crippen molar-refractivity contribution in [2.45, 2.75) is 37.4 Å². The molecule has 5 nitrogen and oxygen atoms in total. The summed E-state index contributed by atoms with van der Waals surface area (Å²) < 4.78 is 25.3. The molecule has 2 aliphatic rings. The second-order valence-electron chi connectivity index (χ2n) is 4.68. The van der Waals surface area contributed by atoms with E-state index in [0.29, 0.717) is 25.9 Å². The number of carboxylic acids is 1. The maximum absolute atomic E-state index is 11.9. The number of nitrogens with zero attached hydrogens (tertiary/aromatic N) is 1. The van der Waals surface area contributed by atoms with Gasteiger partial charge in [0.15, 0.2) is 0 Å². The highest BCUT2D eigenvalue weighted by Crippen LogP contribution is 2.33. The van der Waals surface area contributed by atoms with Crippen molar-refractivity contribution in [3.8, 4) is 0 Å². The quantitative estimate of drug-likeness (QED) is 0.792. The number of hydrogen-bond acceptors (Lipinski definition) is 3. The van der Waals surface area contributed by atoms with Crippen molar-refractivity contribution < 1.29 is 18.3 Å². The second kappa shape index (κ2) is 4.33. The molecule has 6 heteroatoms. The third-order valence-corrected chi connectivity index (χ3v) is 5.74. The van der Waals surface area contributed by atoms with Gasteiger partial charge in [0.05, 0.1) is 5.25 Å². The predicted octanol–water partition coefficient (Wildman–Crippen LogP) is 0.665. The number of carbonyl (C=O) groups is 1. The van der Waals surface area contributed by atoms with Crippen molar-refractivity contribution in [1.29, 1.82) is 0 Å². The van der Waals surface area contributed by atoms with E-state index in [0.717, 1.165) is 12.8 Å². The Morgan fingerprint density at radius 2 is 1.75 bits per heavy atom. The maximum atomic E-state index is 11.9. The van der Waals surface area contributed by atoms with Crippen LogP contribution in [0, 0.1) is 5.92 Å². The van der Waals surface area contributed by atoms with Gasteiger partial charge in [-0.05, 0) is 31.6 Å². The molecule has 2 fully saturated rings. The Balaban J connectivity index is 1.87. The molecule has 16 heavy (non-hydrogen) atoms. The molecule has 0 aromatic rings. The van der Waals surface area contributed by atoms with Crippen LogP contribution < -0.4 is 0 Å². The highest BCUT2D eigenvalue weighted by atomic mass is 32.2. The predicted molar refractivity (Wildman–Crippen MR) is 58.5 cm³/mol. The molecule has 1 saturated heterocycles. The van der Waals surface area contributed by atoms with Crippen LogP contribution in [0.4, 0.5) is 0 Å². The summed E-state index contributed by atoms with van der Waals surface area (Å²) in [5.41, 5.74) is 0. The Hall–Kier alpha value is -0.620. The van der Waals surface area contributed by atoms with Crippen LogP contribution in [0.5, 0.6) is 0 Å². The van der Waals surface area contributed by atoms with Gasteiger partial charge in [-0.15, -0.1) is 0 Å². The lowest BCUT2D eigenvalue weighted by atomic mass is 9.95. The largest absolute Gasteiger partial charge is 0.481 e. The Labute approximate surface area is 95.5 Å². The number of hydrogen-bond donors (Lipinski definition) is 1. The van der Waals surface area contributed by atoms with Crippen LogP contribution in [-0.4, -0.2) is 42.1 Å². The molecule has 1 saturated carbocycles. The van der Waals surface area contributed by atoms with Crippen molar-refractivity contribution in [1.82, 2.24) is 4.31 Å². The first-order valence-electron chi connectivity index (χ1n) is 5.71. The minimum Gasteiger partial charge on any atom is -0.481 e. The molecule has 0 aromatic carbocycles. The standard InChI is InChI=1S/C10H17NO4S/c12-10(13)7-8-3-5-11(6-4-8)16(14,15)9-1-2-9/h8-9H,1-7H2,(H,12,13). The number of sulfonamides is 1. The SMILES string of the molecule is O=C(O)CC1CCN(S(=O)(=O)C2CC2)CC1. The molecule has 0 radical (unpaired) electrons. The molecular formula is C10H17NO4S. The summed E-state index contributed by atoms with van der Waals surface area (Å²) in [7, 11) is -3.05. The molecule has 0 spiro atoms. The number of aliphatic carboxylic acids is 1. The highest BCUT2D eigenvalue weighted by Gasteiger charge is 2.41. The summed E-state index contributed by atoms with van der Waals surface area (Å²) in [6.45, 7) is 0.994. The van der Waals surface area contributed by atoms with E-state index in [9.17, 15) is 13.2 Å². The summed E-state index contributed by atoms with van der Waals surface area (Å²) in [5, 5.41) is 8.51. The molecule has 0 atom stereocenters. The van der Waals surface area contributed by atoms with Crippen molar-refractivity contribution in [3.63, 3.8) is 0 Å². The van der Waals surface area contributed by atoms with E-state index in [-0.39, 0.29) is 17.6 Å². The van der Waals surface area contributed by atoms with Gasteiger partial charge in [0.1, 0.15) is 0 Å². The lowest BCUT2D eigenvalue weighted by Crippen LogP contribution is -2.40. The normalized spacial score (nSPS) is 24.5. The van der Waals surface area contributed by atoms with Crippen LogP contribution in [0.25, 0.3) is 0 Å². The van der Waals surface area contributed by atoms with E-state index in [1.807, 2.05) is 0 Å². The molecule has 1 heterocycles. The zero-order valence-electron chi connectivity index (χ0n) is 9.13. The van der Waals surface area contributed by atoms with Crippen molar-refractivity contribution >= 4 is 16.0 Å². The van der Waals surface area contributed by atoms with E-state index in [1.165, 1.54) is 0 Å². The first-order valence-corrected chi connectivity index (χ1v) is 7.21. The number of rotatable bonds is 4. The van der Waals surface area contributed by atoms with E-state index >= 15 is 0 Å².